The number of nitrogens with zero attached hydrogens (tertiary/aromatic N) is 4. The monoisotopic (exact) mass is 424 g/mol. The van der Waals surface area contributed by atoms with Gasteiger partial charge >= 0.3 is 10.1 Å². The number of benzene rings is 2. The third kappa shape index (κ3) is 3.91. The number of nitrogens with two attached hydrogens (primary N) is 2. The molecule has 10 nitrogen and oxygen atoms in total. The summed E-state index contributed by atoms with van der Waals surface area (Å²) in [4.78, 5) is 17.1. The number of phenolic OH excluding ortho intramolecular Hbond substituents is 1. The lowest BCUT2D eigenvalue weighted by molar-refractivity contribution is 0.475. The van der Waals surface area contributed by atoms with Gasteiger partial charge in [-0.15, -0.1) is 0 Å². The average molecular weight is 424 g/mol. The van der Waals surface area contributed by atoms with Crippen molar-refractivity contribution in [2.45, 2.75) is 0 Å². The normalized spacial score (nSPS) is 11.5. The summed E-state index contributed by atoms with van der Waals surface area (Å²) < 4.78 is 28.0. The van der Waals surface area contributed by atoms with Crippen LogP contribution in [-0.4, -0.2) is 39.7 Å². The molecule has 5 N–H and O–H groups in total. The number of anilines is 2. The Kier molecular flexibility index (Phi) is 4.59. The molecule has 0 aliphatic rings. The van der Waals surface area contributed by atoms with Crippen LogP contribution in [-0.2, 0) is 10.1 Å². The molecule has 30 heavy (non-hydrogen) atoms. The third-order valence-electron chi connectivity index (χ3n) is 4.05. The summed E-state index contributed by atoms with van der Waals surface area (Å²) in [6, 6.07) is 12.8. The van der Waals surface area contributed by atoms with Gasteiger partial charge in [-0.05, 0) is 24.3 Å². The van der Waals surface area contributed by atoms with Gasteiger partial charge in [0.2, 0.25) is 5.95 Å². The van der Waals surface area contributed by atoms with Gasteiger partial charge in [0.25, 0.3) is 0 Å². The highest BCUT2D eigenvalue weighted by Gasteiger charge is 2.18. The van der Waals surface area contributed by atoms with Crippen LogP contribution in [0.5, 0.6) is 11.5 Å². The number of aromatic hydroxyl groups is 1. The van der Waals surface area contributed by atoms with E-state index in [1.807, 2.05) is 0 Å². The van der Waals surface area contributed by atoms with Gasteiger partial charge in [-0.2, -0.15) is 18.4 Å². The number of phenols is 1. The second-order valence-electron chi connectivity index (χ2n) is 6.43. The lowest BCUT2D eigenvalue weighted by Gasteiger charge is -2.12. The van der Waals surface area contributed by atoms with Crippen LogP contribution in [0, 0.1) is 0 Å². The van der Waals surface area contributed by atoms with E-state index in [1.165, 1.54) is 24.3 Å². The van der Waals surface area contributed by atoms with Crippen LogP contribution in [0.15, 0.2) is 48.5 Å². The van der Waals surface area contributed by atoms with Crippen molar-refractivity contribution in [3.63, 3.8) is 0 Å². The first-order valence-corrected chi connectivity index (χ1v) is 10.4. The molecule has 0 atom stereocenters. The summed E-state index contributed by atoms with van der Waals surface area (Å²) in [5.41, 5.74) is 13.9. The number of hydrogen-bond acceptors (Lipinski definition) is 10. The first kappa shape index (κ1) is 19.3. The van der Waals surface area contributed by atoms with Crippen LogP contribution in [0.4, 0.5) is 11.8 Å². The van der Waals surface area contributed by atoms with Crippen molar-refractivity contribution in [3.8, 4) is 34.0 Å². The van der Waals surface area contributed by atoms with Crippen LogP contribution in [0.1, 0.15) is 0 Å². The molecule has 2 aromatic carbocycles. The largest absolute Gasteiger partial charge is 0.508 e. The Morgan fingerprint density at radius 3 is 2.27 bits per heavy atom. The van der Waals surface area contributed by atoms with E-state index >= 15 is 0 Å². The highest BCUT2D eigenvalue weighted by atomic mass is 32.2. The van der Waals surface area contributed by atoms with E-state index in [0.29, 0.717) is 22.5 Å². The summed E-state index contributed by atoms with van der Waals surface area (Å²) in [5, 5.41) is 9.91. The minimum Gasteiger partial charge on any atom is -0.508 e. The van der Waals surface area contributed by atoms with Crippen molar-refractivity contribution in [2.75, 3.05) is 17.7 Å². The van der Waals surface area contributed by atoms with Gasteiger partial charge in [0.1, 0.15) is 11.5 Å². The summed E-state index contributed by atoms with van der Waals surface area (Å²) in [6.45, 7) is 0. The maximum absolute atomic E-state index is 11.5. The molecule has 0 aliphatic heterocycles. The minimum absolute atomic E-state index is 0.0380. The molecular formula is C19H16N6O4S. The fourth-order valence-corrected chi connectivity index (χ4v) is 3.37. The molecule has 0 amide bonds. The summed E-state index contributed by atoms with van der Waals surface area (Å²) in [6.07, 6.45) is 0.955. The molecule has 2 heterocycles. The van der Waals surface area contributed by atoms with Gasteiger partial charge in [-0.25, -0.2) is 9.97 Å². The quantitative estimate of drug-likeness (QED) is 0.412. The minimum atomic E-state index is -3.71. The fraction of sp³-hybridized carbons (Fsp3) is 0.0526. The Labute approximate surface area is 171 Å². The highest BCUT2D eigenvalue weighted by molar-refractivity contribution is 7.86. The molecule has 0 fully saturated rings. The molecular weight excluding hydrogens is 408 g/mol. The Morgan fingerprint density at radius 1 is 0.900 bits per heavy atom. The zero-order valence-corrected chi connectivity index (χ0v) is 16.5. The zero-order valence-electron chi connectivity index (χ0n) is 15.6. The number of aromatic nitrogens is 4. The van der Waals surface area contributed by atoms with Crippen LogP contribution < -0.4 is 15.7 Å². The smallest absolute Gasteiger partial charge is 0.306 e. The summed E-state index contributed by atoms with van der Waals surface area (Å²) >= 11 is 0. The second kappa shape index (κ2) is 7.12. The molecule has 152 valence electrons. The third-order valence-corrected chi connectivity index (χ3v) is 4.55. The highest BCUT2D eigenvalue weighted by Crippen LogP contribution is 2.34. The second-order valence-corrected chi connectivity index (χ2v) is 8.00. The van der Waals surface area contributed by atoms with Crippen molar-refractivity contribution >= 4 is 33.0 Å². The first-order chi connectivity index (χ1) is 14.2. The topological polar surface area (TPSA) is 167 Å². The molecule has 4 aromatic rings. The van der Waals surface area contributed by atoms with Gasteiger partial charge in [-0.3, -0.25) is 0 Å². The van der Waals surface area contributed by atoms with E-state index in [4.69, 9.17) is 15.7 Å². The SMILES string of the molecule is CS(=O)(=O)Oc1cccc(-c2nc3nc(N)nc(N)c3nc2-c2cccc(O)c2)c1. The molecule has 0 saturated carbocycles. The van der Waals surface area contributed by atoms with Crippen LogP contribution >= 0.6 is 0 Å². The van der Waals surface area contributed by atoms with Crippen molar-refractivity contribution < 1.29 is 17.7 Å². The Bertz CT molecular complexity index is 1390. The van der Waals surface area contributed by atoms with E-state index in [2.05, 4.69) is 19.9 Å². The molecule has 0 unspecified atom stereocenters. The van der Waals surface area contributed by atoms with Gasteiger partial charge < -0.3 is 20.8 Å². The summed E-state index contributed by atoms with van der Waals surface area (Å²) in [5.74, 6) is 0.156. The number of hydrogen-bond donors (Lipinski definition) is 3. The lowest BCUT2D eigenvalue weighted by Crippen LogP contribution is -2.06. The van der Waals surface area contributed by atoms with Crippen LogP contribution in [0.2, 0.25) is 0 Å². The Hall–Kier alpha value is -3.99. The van der Waals surface area contributed by atoms with Crippen LogP contribution in [0.25, 0.3) is 33.7 Å². The number of rotatable bonds is 4. The lowest BCUT2D eigenvalue weighted by atomic mass is 10.0. The molecule has 0 spiro atoms. The summed E-state index contributed by atoms with van der Waals surface area (Å²) in [7, 11) is -3.71. The average Bonchev–Trinajstić information content (AvgIpc) is 2.66. The molecule has 2 aromatic heterocycles. The molecule has 0 bridgehead atoms. The van der Waals surface area contributed by atoms with Gasteiger partial charge in [0, 0.05) is 11.1 Å². The van der Waals surface area contributed by atoms with Crippen molar-refractivity contribution in [1.29, 1.82) is 0 Å². The van der Waals surface area contributed by atoms with Crippen molar-refractivity contribution in [2.24, 2.45) is 0 Å². The van der Waals surface area contributed by atoms with E-state index in [-0.39, 0.29) is 34.4 Å². The van der Waals surface area contributed by atoms with Gasteiger partial charge in [0.15, 0.2) is 17.0 Å². The molecule has 0 aliphatic carbocycles. The first-order valence-electron chi connectivity index (χ1n) is 8.59. The zero-order chi connectivity index (χ0) is 21.5. The van der Waals surface area contributed by atoms with Gasteiger partial charge in [0.05, 0.1) is 17.6 Å². The fourth-order valence-electron chi connectivity index (χ4n) is 2.91. The van der Waals surface area contributed by atoms with E-state index < -0.39 is 10.1 Å². The van der Waals surface area contributed by atoms with E-state index in [1.54, 1.807) is 24.3 Å². The van der Waals surface area contributed by atoms with E-state index in [9.17, 15) is 13.5 Å². The van der Waals surface area contributed by atoms with Gasteiger partial charge in [-0.1, -0.05) is 24.3 Å². The van der Waals surface area contributed by atoms with Crippen molar-refractivity contribution in [3.05, 3.63) is 48.5 Å². The van der Waals surface area contributed by atoms with Crippen molar-refractivity contribution in [1.82, 2.24) is 19.9 Å². The number of nitrogen functional groups attached to an aromatic ring is 2. The van der Waals surface area contributed by atoms with Crippen LogP contribution in [0.3, 0.4) is 0 Å². The Morgan fingerprint density at radius 2 is 1.57 bits per heavy atom. The maximum atomic E-state index is 11.5. The standard InChI is InChI=1S/C19H16N6O4S/c1-30(27,28)29-13-7-3-5-11(9-13)15-14(10-4-2-6-12(26)8-10)22-16-17(20)24-19(21)25-18(16)23-15/h2-9,26H,1H3,(H4,20,21,23,24,25). The number of fused-ring (bicyclic) bond motifs is 1. The predicted molar refractivity (Wildman–Crippen MR) is 112 cm³/mol. The molecule has 0 saturated heterocycles. The maximum Gasteiger partial charge on any atom is 0.306 e. The molecule has 4 rings (SSSR count). The molecule has 11 heteroatoms. The predicted octanol–water partition coefficient (Wildman–Crippen LogP) is 1.96. The Balaban J connectivity index is 2.00. The molecule has 0 radical (unpaired) electrons. The van der Waals surface area contributed by atoms with E-state index in [0.717, 1.165) is 6.26 Å².